The van der Waals surface area contributed by atoms with Crippen LogP contribution >= 0.6 is 31.9 Å². The predicted octanol–water partition coefficient (Wildman–Crippen LogP) is 2.36. The van der Waals surface area contributed by atoms with Gasteiger partial charge in [-0.1, -0.05) is 15.9 Å². The summed E-state index contributed by atoms with van der Waals surface area (Å²) in [6.07, 6.45) is 1.50. The van der Waals surface area contributed by atoms with E-state index in [1.807, 2.05) is 0 Å². The number of aliphatic hydroxyl groups is 1. The van der Waals surface area contributed by atoms with Gasteiger partial charge in [-0.2, -0.15) is 4.31 Å². The van der Waals surface area contributed by atoms with Crippen LogP contribution in [0.2, 0.25) is 0 Å². The zero-order chi connectivity index (χ0) is 13.3. The Hall–Kier alpha value is 0.0500. The fourth-order valence-corrected chi connectivity index (χ4v) is 5.51. The molecule has 2 rings (SSSR count). The molecule has 1 atom stereocenters. The summed E-state index contributed by atoms with van der Waals surface area (Å²) in [4.78, 5) is 0.242. The standard InChI is InChI=1S/C11H13Br2NO3S/c12-8-3-4-11(10(13)6-8)18(16,17)14-5-1-2-9(14)7-15/h3-4,6,9,15H,1-2,5,7H2/t9-/m0/s1. The molecule has 7 heteroatoms. The van der Waals surface area contributed by atoms with Gasteiger partial charge in [-0.05, 0) is 47.0 Å². The first-order chi connectivity index (χ1) is 8.46. The second kappa shape index (κ2) is 5.58. The van der Waals surface area contributed by atoms with E-state index in [1.54, 1.807) is 18.2 Å². The molecule has 100 valence electrons. The number of nitrogens with zero attached hydrogens (tertiary/aromatic N) is 1. The number of sulfonamides is 1. The van der Waals surface area contributed by atoms with Crippen LogP contribution in [0.25, 0.3) is 0 Å². The van der Waals surface area contributed by atoms with Gasteiger partial charge < -0.3 is 5.11 Å². The summed E-state index contributed by atoms with van der Waals surface area (Å²) in [7, 11) is -3.54. The highest BCUT2D eigenvalue weighted by Crippen LogP contribution is 2.31. The van der Waals surface area contributed by atoms with Gasteiger partial charge in [0.2, 0.25) is 10.0 Å². The Kier molecular flexibility index (Phi) is 4.48. The molecule has 1 N–H and O–H groups in total. The van der Waals surface area contributed by atoms with Crippen LogP contribution in [-0.2, 0) is 10.0 Å². The molecule has 1 aliphatic heterocycles. The lowest BCUT2D eigenvalue weighted by Crippen LogP contribution is -2.37. The molecule has 1 aromatic carbocycles. The van der Waals surface area contributed by atoms with Crippen molar-refractivity contribution in [1.29, 1.82) is 0 Å². The number of rotatable bonds is 3. The van der Waals surface area contributed by atoms with Crippen LogP contribution in [-0.4, -0.2) is 37.0 Å². The Morgan fingerprint density at radius 1 is 1.39 bits per heavy atom. The summed E-state index contributed by atoms with van der Waals surface area (Å²) in [6.45, 7) is 0.337. The fourth-order valence-electron chi connectivity index (χ4n) is 2.12. The molecule has 18 heavy (non-hydrogen) atoms. The Morgan fingerprint density at radius 3 is 2.72 bits per heavy atom. The SMILES string of the molecule is O=S(=O)(c1ccc(Br)cc1Br)N1CCC[C@H]1CO. The highest BCUT2D eigenvalue weighted by Gasteiger charge is 2.35. The van der Waals surface area contributed by atoms with Crippen molar-refractivity contribution in [1.82, 2.24) is 4.31 Å². The molecular formula is C11H13Br2NO3S. The van der Waals surface area contributed by atoms with E-state index in [-0.39, 0.29) is 17.5 Å². The van der Waals surface area contributed by atoms with Crippen molar-refractivity contribution in [2.75, 3.05) is 13.2 Å². The third-order valence-electron chi connectivity index (χ3n) is 3.01. The van der Waals surface area contributed by atoms with Gasteiger partial charge in [0.05, 0.1) is 11.5 Å². The first kappa shape index (κ1) is 14.5. The zero-order valence-electron chi connectivity index (χ0n) is 9.51. The lowest BCUT2D eigenvalue weighted by atomic mass is 10.2. The van der Waals surface area contributed by atoms with Gasteiger partial charge in [-0.25, -0.2) is 8.42 Å². The minimum atomic E-state index is -3.54. The summed E-state index contributed by atoms with van der Waals surface area (Å²) in [6, 6.07) is 4.67. The van der Waals surface area contributed by atoms with Gasteiger partial charge in [-0.3, -0.25) is 0 Å². The van der Waals surface area contributed by atoms with Crippen LogP contribution in [0.5, 0.6) is 0 Å². The molecule has 1 aromatic rings. The quantitative estimate of drug-likeness (QED) is 0.850. The fraction of sp³-hybridized carbons (Fsp3) is 0.455. The van der Waals surface area contributed by atoms with Gasteiger partial charge in [-0.15, -0.1) is 0 Å². The lowest BCUT2D eigenvalue weighted by Gasteiger charge is -2.23. The van der Waals surface area contributed by atoms with Crippen molar-refractivity contribution in [3.8, 4) is 0 Å². The van der Waals surface area contributed by atoms with E-state index in [0.29, 0.717) is 17.4 Å². The average Bonchev–Trinajstić information content (AvgIpc) is 2.76. The van der Waals surface area contributed by atoms with E-state index < -0.39 is 10.0 Å². The van der Waals surface area contributed by atoms with Crippen molar-refractivity contribution in [2.45, 2.75) is 23.8 Å². The normalized spacial score (nSPS) is 21.4. The topological polar surface area (TPSA) is 57.6 Å². The summed E-state index contributed by atoms with van der Waals surface area (Å²) >= 11 is 6.57. The van der Waals surface area contributed by atoms with E-state index in [0.717, 1.165) is 10.9 Å². The van der Waals surface area contributed by atoms with Gasteiger partial charge in [0, 0.05) is 21.5 Å². The van der Waals surface area contributed by atoms with Crippen molar-refractivity contribution < 1.29 is 13.5 Å². The first-order valence-corrected chi connectivity index (χ1v) is 8.57. The van der Waals surface area contributed by atoms with Crippen LogP contribution in [0, 0.1) is 0 Å². The maximum atomic E-state index is 12.5. The molecular weight excluding hydrogens is 386 g/mol. The Bertz CT molecular complexity index is 547. The van der Waals surface area contributed by atoms with Crippen molar-refractivity contribution in [3.63, 3.8) is 0 Å². The van der Waals surface area contributed by atoms with Gasteiger partial charge in [0.25, 0.3) is 0 Å². The second-order valence-electron chi connectivity index (χ2n) is 4.17. The van der Waals surface area contributed by atoms with E-state index >= 15 is 0 Å². The summed E-state index contributed by atoms with van der Waals surface area (Å²) < 4.78 is 27.7. The molecule has 0 spiro atoms. The molecule has 1 aliphatic rings. The van der Waals surface area contributed by atoms with E-state index in [4.69, 9.17) is 0 Å². The number of aliphatic hydroxyl groups excluding tert-OH is 1. The summed E-state index contributed by atoms with van der Waals surface area (Å²) in [5.41, 5.74) is 0. The van der Waals surface area contributed by atoms with Crippen LogP contribution < -0.4 is 0 Å². The van der Waals surface area contributed by atoms with Crippen LogP contribution in [0.3, 0.4) is 0 Å². The maximum Gasteiger partial charge on any atom is 0.244 e. The molecule has 0 saturated carbocycles. The minimum Gasteiger partial charge on any atom is -0.395 e. The van der Waals surface area contributed by atoms with Crippen LogP contribution in [0.4, 0.5) is 0 Å². The molecule has 0 aromatic heterocycles. The van der Waals surface area contributed by atoms with E-state index in [9.17, 15) is 13.5 Å². The molecule has 0 unspecified atom stereocenters. The predicted molar refractivity (Wildman–Crippen MR) is 75.8 cm³/mol. The third kappa shape index (κ3) is 2.65. The second-order valence-corrected chi connectivity index (χ2v) is 7.80. The smallest absolute Gasteiger partial charge is 0.244 e. The molecule has 0 radical (unpaired) electrons. The van der Waals surface area contributed by atoms with Crippen molar-refractivity contribution in [3.05, 3.63) is 27.1 Å². The monoisotopic (exact) mass is 397 g/mol. The molecule has 1 saturated heterocycles. The summed E-state index contributed by atoms with van der Waals surface area (Å²) in [5, 5.41) is 9.23. The molecule has 4 nitrogen and oxygen atoms in total. The van der Waals surface area contributed by atoms with Crippen LogP contribution in [0.15, 0.2) is 32.0 Å². The van der Waals surface area contributed by atoms with Crippen molar-refractivity contribution >= 4 is 41.9 Å². The minimum absolute atomic E-state index is 0.132. The highest BCUT2D eigenvalue weighted by molar-refractivity contribution is 9.11. The number of halogens is 2. The molecule has 0 amide bonds. The van der Waals surface area contributed by atoms with E-state index in [1.165, 1.54) is 4.31 Å². The number of hydrogen-bond donors (Lipinski definition) is 1. The summed E-state index contributed by atoms with van der Waals surface area (Å²) in [5.74, 6) is 0. The first-order valence-electron chi connectivity index (χ1n) is 5.54. The number of hydrogen-bond acceptors (Lipinski definition) is 3. The van der Waals surface area contributed by atoms with E-state index in [2.05, 4.69) is 31.9 Å². The largest absolute Gasteiger partial charge is 0.395 e. The molecule has 1 fully saturated rings. The highest BCUT2D eigenvalue weighted by atomic mass is 79.9. The van der Waals surface area contributed by atoms with Crippen LogP contribution in [0.1, 0.15) is 12.8 Å². The third-order valence-corrected chi connectivity index (χ3v) is 6.44. The number of benzene rings is 1. The lowest BCUT2D eigenvalue weighted by molar-refractivity contribution is 0.213. The maximum absolute atomic E-state index is 12.5. The Morgan fingerprint density at radius 2 is 2.11 bits per heavy atom. The molecule has 0 aliphatic carbocycles. The Balaban J connectivity index is 2.42. The molecule has 0 bridgehead atoms. The van der Waals surface area contributed by atoms with Gasteiger partial charge >= 0.3 is 0 Å². The molecule has 1 heterocycles. The van der Waals surface area contributed by atoms with Crippen molar-refractivity contribution in [2.24, 2.45) is 0 Å². The van der Waals surface area contributed by atoms with Gasteiger partial charge in [0.15, 0.2) is 0 Å². The zero-order valence-corrected chi connectivity index (χ0v) is 13.5. The van der Waals surface area contributed by atoms with Gasteiger partial charge in [0.1, 0.15) is 0 Å². The average molecular weight is 399 g/mol. The Labute approximate surface area is 123 Å².